The summed E-state index contributed by atoms with van der Waals surface area (Å²) < 4.78 is 4.87. The molecule has 17 heavy (non-hydrogen) atoms. The Labute approximate surface area is 100 Å². The number of aromatic nitrogens is 2. The van der Waals surface area contributed by atoms with E-state index in [0.717, 1.165) is 19.4 Å². The van der Waals surface area contributed by atoms with Crippen molar-refractivity contribution in [2.75, 3.05) is 11.9 Å². The first-order valence-electron chi connectivity index (χ1n) is 5.83. The summed E-state index contributed by atoms with van der Waals surface area (Å²) in [5.41, 5.74) is -0.0581. The van der Waals surface area contributed by atoms with Gasteiger partial charge in [-0.05, 0) is 31.7 Å². The van der Waals surface area contributed by atoms with Gasteiger partial charge in [0.1, 0.15) is 0 Å². The van der Waals surface area contributed by atoms with Crippen LogP contribution >= 0.6 is 0 Å². The Balaban J connectivity index is 2.04. The van der Waals surface area contributed by atoms with E-state index >= 15 is 0 Å². The summed E-state index contributed by atoms with van der Waals surface area (Å²) in [6.07, 6.45) is 2.12. The van der Waals surface area contributed by atoms with E-state index in [0.29, 0.717) is 5.82 Å². The van der Waals surface area contributed by atoms with Crippen LogP contribution in [0.3, 0.4) is 0 Å². The number of carbonyl (C=O) groups is 1. The number of rotatable bonds is 2. The lowest BCUT2D eigenvalue weighted by Crippen LogP contribution is -2.53. The van der Waals surface area contributed by atoms with E-state index in [9.17, 15) is 4.79 Å². The molecule has 1 aromatic rings. The van der Waals surface area contributed by atoms with Crippen LogP contribution in [-0.2, 0) is 4.79 Å². The molecular formula is C11H18N4O2. The van der Waals surface area contributed by atoms with Crippen LogP contribution in [0.25, 0.3) is 0 Å². The Morgan fingerprint density at radius 2 is 2.35 bits per heavy atom. The molecule has 6 heteroatoms. The Morgan fingerprint density at radius 1 is 1.59 bits per heavy atom. The van der Waals surface area contributed by atoms with Crippen LogP contribution in [0, 0.1) is 12.3 Å². The van der Waals surface area contributed by atoms with Gasteiger partial charge in [-0.1, -0.05) is 19.0 Å². The molecule has 1 aliphatic rings. The van der Waals surface area contributed by atoms with Crippen molar-refractivity contribution in [2.45, 2.75) is 39.7 Å². The van der Waals surface area contributed by atoms with Gasteiger partial charge in [0.25, 0.3) is 0 Å². The van der Waals surface area contributed by atoms with Gasteiger partial charge in [-0.15, -0.1) is 0 Å². The Morgan fingerprint density at radius 3 is 2.94 bits per heavy atom. The molecule has 1 aromatic heterocycles. The van der Waals surface area contributed by atoms with Crippen molar-refractivity contribution in [3.63, 3.8) is 0 Å². The molecule has 6 nitrogen and oxygen atoms in total. The second kappa shape index (κ2) is 4.44. The third-order valence-electron chi connectivity index (χ3n) is 3.15. The number of piperidine rings is 1. The first kappa shape index (κ1) is 12.0. The summed E-state index contributed by atoms with van der Waals surface area (Å²) in [4.78, 5) is 16.0. The van der Waals surface area contributed by atoms with E-state index in [-0.39, 0.29) is 23.4 Å². The predicted molar refractivity (Wildman–Crippen MR) is 62.5 cm³/mol. The van der Waals surface area contributed by atoms with Crippen molar-refractivity contribution in [2.24, 2.45) is 5.41 Å². The third-order valence-corrected chi connectivity index (χ3v) is 3.15. The van der Waals surface area contributed by atoms with E-state index < -0.39 is 0 Å². The van der Waals surface area contributed by atoms with Gasteiger partial charge < -0.3 is 9.84 Å². The minimum atomic E-state index is -0.219. The summed E-state index contributed by atoms with van der Waals surface area (Å²) in [5.74, 6) is 0.398. The average Bonchev–Trinajstić information content (AvgIpc) is 2.63. The second-order valence-electron chi connectivity index (χ2n) is 5.12. The fourth-order valence-electron chi connectivity index (χ4n) is 2.18. The van der Waals surface area contributed by atoms with E-state index in [1.807, 2.05) is 0 Å². The number of amides is 1. The number of carbonyl (C=O) groups excluding carboxylic acids is 1. The highest BCUT2D eigenvalue weighted by molar-refractivity contribution is 5.93. The molecule has 1 amide bonds. The molecule has 0 aliphatic carbocycles. The van der Waals surface area contributed by atoms with Gasteiger partial charge in [0.05, 0.1) is 6.04 Å². The maximum Gasteiger partial charge on any atom is 0.328 e. The molecule has 0 spiro atoms. The zero-order chi connectivity index (χ0) is 12.5. The number of anilines is 1. The van der Waals surface area contributed by atoms with Gasteiger partial charge in [0.2, 0.25) is 5.91 Å². The van der Waals surface area contributed by atoms with Crippen LogP contribution < -0.4 is 10.6 Å². The van der Waals surface area contributed by atoms with Crippen LogP contribution in [0.2, 0.25) is 0 Å². The molecule has 2 heterocycles. The lowest BCUT2D eigenvalue weighted by Gasteiger charge is -2.37. The van der Waals surface area contributed by atoms with Gasteiger partial charge in [-0.2, -0.15) is 4.98 Å². The zero-order valence-corrected chi connectivity index (χ0v) is 10.4. The fourth-order valence-corrected chi connectivity index (χ4v) is 2.18. The molecule has 2 N–H and O–H groups in total. The van der Waals surface area contributed by atoms with Crippen LogP contribution in [0.1, 0.15) is 32.5 Å². The van der Waals surface area contributed by atoms with Gasteiger partial charge in [-0.3, -0.25) is 10.1 Å². The van der Waals surface area contributed by atoms with Crippen LogP contribution in [-0.4, -0.2) is 28.6 Å². The Bertz CT molecular complexity index is 413. The molecule has 1 fully saturated rings. The van der Waals surface area contributed by atoms with E-state index in [1.165, 1.54) is 0 Å². The second-order valence-corrected chi connectivity index (χ2v) is 5.12. The average molecular weight is 238 g/mol. The number of hydrogen-bond acceptors (Lipinski definition) is 5. The molecule has 0 bridgehead atoms. The summed E-state index contributed by atoms with van der Waals surface area (Å²) in [6.45, 7) is 6.75. The highest BCUT2D eigenvalue weighted by Crippen LogP contribution is 2.30. The summed E-state index contributed by atoms with van der Waals surface area (Å²) in [5, 5.41) is 9.51. The van der Waals surface area contributed by atoms with Crippen molar-refractivity contribution >= 4 is 11.9 Å². The number of nitrogens with zero attached hydrogens (tertiary/aromatic N) is 2. The van der Waals surface area contributed by atoms with Crippen molar-refractivity contribution in [3.8, 4) is 0 Å². The Hall–Kier alpha value is -1.43. The lowest BCUT2D eigenvalue weighted by molar-refractivity contribution is -0.121. The van der Waals surface area contributed by atoms with Crippen LogP contribution in [0.4, 0.5) is 6.01 Å². The van der Waals surface area contributed by atoms with Gasteiger partial charge in [0, 0.05) is 0 Å². The standard InChI is InChI=1S/C11H18N4O2/c1-7-13-10(17-15-7)14-9(16)8-11(2,3)5-4-6-12-8/h8,12H,4-6H2,1-3H3,(H,13,14,15,16). The lowest BCUT2D eigenvalue weighted by atomic mass is 9.77. The number of nitrogens with one attached hydrogen (secondary N) is 2. The zero-order valence-electron chi connectivity index (χ0n) is 10.4. The van der Waals surface area contributed by atoms with Crippen molar-refractivity contribution in [3.05, 3.63) is 5.82 Å². The van der Waals surface area contributed by atoms with Crippen molar-refractivity contribution in [1.82, 2.24) is 15.5 Å². The SMILES string of the molecule is Cc1noc(NC(=O)C2NCCCC2(C)C)n1. The number of hydrogen-bond donors (Lipinski definition) is 2. The summed E-state index contributed by atoms with van der Waals surface area (Å²) in [6, 6.07) is -0.0564. The summed E-state index contributed by atoms with van der Waals surface area (Å²) >= 11 is 0. The molecule has 1 saturated heterocycles. The van der Waals surface area contributed by atoms with Gasteiger partial charge in [0.15, 0.2) is 5.82 Å². The van der Waals surface area contributed by atoms with E-state index in [1.54, 1.807) is 6.92 Å². The fraction of sp³-hybridized carbons (Fsp3) is 0.727. The van der Waals surface area contributed by atoms with Gasteiger partial charge >= 0.3 is 6.01 Å². The monoisotopic (exact) mass is 238 g/mol. The van der Waals surface area contributed by atoms with E-state index in [4.69, 9.17) is 4.52 Å². The molecule has 2 rings (SSSR count). The largest absolute Gasteiger partial charge is 0.328 e. The topological polar surface area (TPSA) is 80.0 Å². The van der Waals surface area contributed by atoms with Gasteiger partial charge in [-0.25, -0.2) is 0 Å². The molecule has 94 valence electrons. The normalized spacial score (nSPS) is 23.4. The first-order valence-corrected chi connectivity index (χ1v) is 5.83. The molecule has 0 radical (unpaired) electrons. The first-order chi connectivity index (χ1) is 7.99. The third kappa shape index (κ3) is 2.63. The maximum atomic E-state index is 12.1. The minimum absolute atomic E-state index is 0.0581. The van der Waals surface area contributed by atoms with Crippen molar-refractivity contribution in [1.29, 1.82) is 0 Å². The maximum absolute atomic E-state index is 12.1. The minimum Gasteiger partial charge on any atom is -0.315 e. The van der Waals surface area contributed by atoms with Crippen LogP contribution in [0.15, 0.2) is 4.52 Å². The molecule has 0 aromatic carbocycles. The van der Waals surface area contributed by atoms with E-state index in [2.05, 4.69) is 34.6 Å². The summed E-state index contributed by atoms with van der Waals surface area (Å²) in [7, 11) is 0. The highest BCUT2D eigenvalue weighted by Gasteiger charge is 2.37. The molecular weight excluding hydrogens is 220 g/mol. The molecule has 1 aliphatic heterocycles. The molecule has 1 unspecified atom stereocenters. The van der Waals surface area contributed by atoms with Crippen molar-refractivity contribution < 1.29 is 9.32 Å². The smallest absolute Gasteiger partial charge is 0.315 e. The highest BCUT2D eigenvalue weighted by atomic mass is 16.5. The quantitative estimate of drug-likeness (QED) is 0.806. The number of aryl methyl sites for hydroxylation is 1. The predicted octanol–water partition coefficient (Wildman–Crippen LogP) is 1.09. The Kier molecular flexibility index (Phi) is 3.15. The molecule has 1 atom stereocenters. The van der Waals surface area contributed by atoms with Crippen LogP contribution in [0.5, 0.6) is 0 Å². The molecule has 0 saturated carbocycles.